The van der Waals surface area contributed by atoms with Crippen LogP contribution in [0.25, 0.3) is 0 Å². The number of ether oxygens (including phenoxy) is 1. The molecule has 1 aliphatic rings. The van der Waals surface area contributed by atoms with E-state index >= 15 is 0 Å². The van der Waals surface area contributed by atoms with Crippen LogP contribution in [-0.4, -0.2) is 44.7 Å². The first-order valence-electron chi connectivity index (χ1n) is 6.81. The Morgan fingerprint density at radius 2 is 2.25 bits per heavy atom. The topological polar surface area (TPSA) is 36.9 Å². The normalized spacial score (nSPS) is 18.8. The van der Waals surface area contributed by atoms with Gasteiger partial charge in [-0.2, -0.15) is 0 Å². The number of rotatable bonds is 3. The fourth-order valence-electron chi connectivity index (χ4n) is 2.56. The molecule has 0 spiro atoms. The lowest BCUT2D eigenvalue weighted by Gasteiger charge is -2.21. The van der Waals surface area contributed by atoms with Gasteiger partial charge < -0.3 is 15.0 Å². The summed E-state index contributed by atoms with van der Waals surface area (Å²) in [6, 6.07) is 8.32. The number of hydrogen-bond acceptors (Lipinski definition) is 2. The van der Waals surface area contributed by atoms with Crippen LogP contribution in [0, 0.1) is 12.3 Å². The van der Waals surface area contributed by atoms with Gasteiger partial charge in [-0.05, 0) is 24.1 Å². The average Bonchev–Trinajstić information content (AvgIpc) is 2.98. The molecule has 1 fully saturated rings. The van der Waals surface area contributed by atoms with E-state index in [0.717, 1.165) is 31.2 Å². The fourth-order valence-corrected chi connectivity index (χ4v) is 2.56. The quantitative estimate of drug-likeness (QED) is 0.516. The van der Waals surface area contributed by atoms with Gasteiger partial charge in [-0.15, -0.1) is 6.42 Å². The molecule has 0 bridgehead atoms. The molecule has 0 saturated carbocycles. The van der Waals surface area contributed by atoms with Gasteiger partial charge in [0.1, 0.15) is 5.75 Å². The lowest BCUT2D eigenvalue weighted by Crippen LogP contribution is -2.40. The molecule has 1 unspecified atom stereocenters. The lowest BCUT2D eigenvalue weighted by atomic mass is 9.98. The fraction of sp³-hybridized carbons (Fsp3) is 0.438. The molecule has 4 nitrogen and oxygen atoms in total. The highest BCUT2D eigenvalue weighted by Gasteiger charge is 2.25. The number of benzene rings is 1. The van der Waals surface area contributed by atoms with Crippen LogP contribution in [0.1, 0.15) is 17.9 Å². The molecule has 0 aliphatic carbocycles. The molecule has 1 atom stereocenters. The second kappa shape index (κ2) is 6.85. The summed E-state index contributed by atoms with van der Waals surface area (Å²) in [6.45, 7) is 2.48. The number of terminal acetylenes is 1. The van der Waals surface area contributed by atoms with Crippen LogP contribution in [0.15, 0.2) is 29.3 Å². The molecule has 0 amide bonds. The summed E-state index contributed by atoms with van der Waals surface area (Å²) in [6.07, 6.45) is 6.41. The van der Waals surface area contributed by atoms with Gasteiger partial charge in [0.25, 0.3) is 0 Å². The summed E-state index contributed by atoms with van der Waals surface area (Å²) in [5.41, 5.74) is 1.35. The van der Waals surface area contributed by atoms with Gasteiger partial charge in [-0.25, -0.2) is 0 Å². The third kappa shape index (κ3) is 3.24. The van der Waals surface area contributed by atoms with E-state index in [1.807, 2.05) is 12.1 Å². The van der Waals surface area contributed by atoms with Crippen LogP contribution >= 0.6 is 0 Å². The van der Waals surface area contributed by atoms with Crippen LogP contribution in [0.3, 0.4) is 0 Å². The molecule has 20 heavy (non-hydrogen) atoms. The molecular formula is C16H21N3O. The summed E-state index contributed by atoms with van der Waals surface area (Å²) in [5, 5.41) is 3.17. The van der Waals surface area contributed by atoms with Crippen molar-refractivity contribution in [2.45, 2.75) is 12.3 Å². The predicted molar refractivity (Wildman–Crippen MR) is 82.1 cm³/mol. The molecule has 1 aromatic rings. The Bertz CT molecular complexity index is 501. The van der Waals surface area contributed by atoms with Gasteiger partial charge in [-0.3, -0.25) is 4.99 Å². The third-order valence-electron chi connectivity index (χ3n) is 3.64. The number of guanidine groups is 1. The SMILES string of the molecule is C#CCNC(=NC)N1CCC(c2ccc(OC)cc2)C1. The Hall–Kier alpha value is -2.15. The standard InChI is InChI=1S/C16H21N3O/c1-4-10-18-16(17-2)19-11-9-14(12-19)13-5-7-15(20-3)8-6-13/h1,5-8,14H,9-12H2,2-3H3,(H,17,18). The van der Waals surface area contributed by atoms with Crippen LogP contribution in [0.5, 0.6) is 5.75 Å². The maximum Gasteiger partial charge on any atom is 0.194 e. The molecule has 106 valence electrons. The Balaban J connectivity index is 1.99. The molecule has 1 N–H and O–H groups in total. The first kappa shape index (κ1) is 14.3. The smallest absolute Gasteiger partial charge is 0.194 e. The van der Waals surface area contributed by atoms with E-state index < -0.39 is 0 Å². The van der Waals surface area contributed by atoms with E-state index in [9.17, 15) is 0 Å². The van der Waals surface area contributed by atoms with Gasteiger partial charge in [0.15, 0.2) is 5.96 Å². The van der Waals surface area contributed by atoms with Gasteiger partial charge in [0.2, 0.25) is 0 Å². The number of nitrogens with zero attached hydrogens (tertiary/aromatic N) is 2. The zero-order chi connectivity index (χ0) is 14.4. The first-order valence-corrected chi connectivity index (χ1v) is 6.81. The molecule has 1 heterocycles. The first-order chi connectivity index (χ1) is 9.78. The van der Waals surface area contributed by atoms with Crippen molar-refractivity contribution in [3.05, 3.63) is 29.8 Å². The van der Waals surface area contributed by atoms with Crippen molar-refractivity contribution in [1.82, 2.24) is 10.2 Å². The second-order valence-electron chi connectivity index (χ2n) is 4.81. The molecule has 1 saturated heterocycles. The molecule has 0 aromatic heterocycles. The number of aliphatic imine (C=N–C) groups is 1. The van der Waals surface area contributed by atoms with Crippen LogP contribution < -0.4 is 10.1 Å². The van der Waals surface area contributed by atoms with Crippen molar-refractivity contribution in [2.75, 3.05) is 33.8 Å². The van der Waals surface area contributed by atoms with Crippen LogP contribution in [-0.2, 0) is 0 Å². The minimum Gasteiger partial charge on any atom is -0.497 e. The number of hydrogen-bond donors (Lipinski definition) is 1. The summed E-state index contributed by atoms with van der Waals surface area (Å²) >= 11 is 0. The highest BCUT2D eigenvalue weighted by molar-refractivity contribution is 5.80. The summed E-state index contributed by atoms with van der Waals surface area (Å²) < 4.78 is 5.19. The molecule has 1 aliphatic heterocycles. The van der Waals surface area contributed by atoms with E-state index in [4.69, 9.17) is 11.2 Å². The van der Waals surface area contributed by atoms with Crippen molar-refractivity contribution in [3.8, 4) is 18.1 Å². The molecule has 4 heteroatoms. The maximum atomic E-state index is 5.28. The van der Waals surface area contributed by atoms with Crippen LogP contribution in [0.2, 0.25) is 0 Å². The second-order valence-corrected chi connectivity index (χ2v) is 4.81. The highest BCUT2D eigenvalue weighted by Crippen LogP contribution is 2.28. The van der Waals surface area contributed by atoms with Crippen molar-refractivity contribution in [1.29, 1.82) is 0 Å². The maximum absolute atomic E-state index is 5.28. The Morgan fingerprint density at radius 3 is 2.85 bits per heavy atom. The van der Waals surface area contributed by atoms with Crippen molar-refractivity contribution < 1.29 is 4.74 Å². The zero-order valence-electron chi connectivity index (χ0n) is 12.1. The third-order valence-corrected chi connectivity index (χ3v) is 3.64. The van der Waals surface area contributed by atoms with E-state index in [-0.39, 0.29) is 0 Å². The van der Waals surface area contributed by atoms with E-state index in [1.54, 1.807) is 14.2 Å². The monoisotopic (exact) mass is 271 g/mol. The van der Waals surface area contributed by atoms with Gasteiger partial charge >= 0.3 is 0 Å². The number of nitrogens with one attached hydrogen (secondary N) is 1. The molecule has 0 radical (unpaired) electrons. The summed E-state index contributed by atoms with van der Waals surface area (Å²) in [7, 11) is 3.48. The Labute approximate surface area is 120 Å². The van der Waals surface area contributed by atoms with Crippen LogP contribution in [0.4, 0.5) is 0 Å². The van der Waals surface area contributed by atoms with Crippen molar-refractivity contribution in [2.24, 2.45) is 4.99 Å². The van der Waals surface area contributed by atoms with Crippen molar-refractivity contribution >= 4 is 5.96 Å². The molecule has 1 aromatic carbocycles. The minimum atomic E-state index is 0.510. The average molecular weight is 271 g/mol. The lowest BCUT2D eigenvalue weighted by molar-refractivity contribution is 0.414. The van der Waals surface area contributed by atoms with Gasteiger partial charge in [-0.1, -0.05) is 18.1 Å². The number of likely N-dealkylation sites (tertiary alicyclic amines) is 1. The van der Waals surface area contributed by atoms with E-state index in [0.29, 0.717) is 12.5 Å². The predicted octanol–water partition coefficient (Wildman–Crippen LogP) is 1.69. The van der Waals surface area contributed by atoms with Gasteiger partial charge in [0, 0.05) is 26.1 Å². The zero-order valence-corrected chi connectivity index (χ0v) is 12.1. The molecular weight excluding hydrogens is 250 g/mol. The Kier molecular flexibility index (Phi) is 4.89. The van der Waals surface area contributed by atoms with Gasteiger partial charge in [0.05, 0.1) is 13.7 Å². The molecule has 2 rings (SSSR count). The highest BCUT2D eigenvalue weighted by atomic mass is 16.5. The Morgan fingerprint density at radius 1 is 1.50 bits per heavy atom. The minimum absolute atomic E-state index is 0.510. The largest absolute Gasteiger partial charge is 0.497 e. The van der Waals surface area contributed by atoms with E-state index in [1.165, 1.54) is 5.56 Å². The van der Waals surface area contributed by atoms with E-state index in [2.05, 4.69) is 33.3 Å². The van der Waals surface area contributed by atoms with Crippen molar-refractivity contribution in [3.63, 3.8) is 0 Å². The number of methoxy groups -OCH3 is 1. The summed E-state index contributed by atoms with van der Waals surface area (Å²) in [4.78, 5) is 6.54. The summed E-state index contributed by atoms with van der Waals surface area (Å²) in [5.74, 6) is 4.90.